The van der Waals surface area contributed by atoms with Gasteiger partial charge in [-0.1, -0.05) is 61.6 Å². The first-order chi connectivity index (χ1) is 45.5. The zero-order chi connectivity index (χ0) is 70.2. The third-order valence-electron chi connectivity index (χ3n) is 13.6. The quantitative estimate of drug-likeness (QED) is 0.00651. The molecule has 0 bridgehead atoms. The van der Waals surface area contributed by atoms with Crippen molar-refractivity contribution in [3.05, 3.63) is 119 Å². The number of benzene rings is 3. The molecule has 0 aliphatic carbocycles. The number of alkyl carbamates (subject to hydrolysis) is 2. The van der Waals surface area contributed by atoms with Crippen LogP contribution in [0, 0.1) is 25.7 Å². The minimum Gasteiger partial charge on any atom is -0.478 e. The monoisotopic (exact) mass is 1480 g/mol. The second-order valence-electron chi connectivity index (χ2n) is 21.4. The number of ether oxygens (including phenoxy) is 8. The molecule has 3 amide bonds. The lowest BCUT2D eigenvalue weighted by atomic mass is 9.87. The Balaban J connectivity index is 0.789. The number of amides is 3. The fourth-order valence-corrected chi connectivity index (χ4v) is 15.1. The first-order valence-corrected chi connectivity index (χ1v) is 39.0. The zero-order valence-electron chi connectivity index (χ0n) is 53.1. The van der Waals surface area contributed by atoms with E-state index >= 15 is 0 Å². The predicted molar refractivity (Wildman–Crippen MR) is 360 cm³/mol. The minimum atomic E-state index is -5.80. The molecule has 1 aromatic heterocycles. The van der Waals surface area contributed by atoms with Gasteiger partial charge in [0.05, 0.1) is 64.5 Å². The molecule has 2 aliphatic rings. The van der Waals surface area contributed by atoms with Crippen LogP contribution in [0.3, 0.4) is 0 Å². The number of hydrogen-bond donors (Lipinski definition) is 10. The third-order valence-corrected chi connectivity index (χ3v) is 21.9. The van der Waals surface area contributed by atoms with Gasteiger partial charge in [-0.05, 0) is 118 Å². The number of aromatic nitrogens is 2. The summed E-state index contributed by atoms with van der Waals surface area (Å²) in [7, 11) is -11.3. The number of rotatable bonds is 39. The van der Waals surface area contributed by atoms with Crippen molar-refractivity contribution in [2.24, 2.45) is 0 Å². The van der Waals surface area contributed by atoms with Crippen molar-refractivity contribution >= 4 is 109 Å². The van der Waals surface area contributed by atoms with E-state index in [-0.39, 0.29) is 93.1 Å². The number of aromatic carboxylic acids is 1. The molecular weight excluding hydrogens is 1400 g/mol. The molecular formula is C58H77N6O25P3S4. The van der Waals surface area contributed by atoms with E-state index in [2.05, 4.69) is 53.3 Å². The number of nitrogens with one attached hydrogen (secondary N) is 5. The van der Waals surface area contributed by atoms with Crippen LogP contribution in [0.4, 0.5) is 15.3 Å². The Labute approximate surface area is 567 Å². The standard InChI is InChI=1S/C58H77N6O25P3S4/c1-8-59-45-30-47-44(27-38(45)4)51(43-26-36(2)37(3)28-46(43)86-47)42-29-39(13-14-41(42)54(67)68)52(65)60-17-22-79-24-25-80-23-18-62-57(71)83-21-15-58(5,6)96-95-34-81-19-9-10-20-82-56(70)61-16-11-12-40-32-64(55(69)63-53(40)66)50-31-48(84-35-94-93-7)49(87-50)33-85-91(75,76)89-92(77,78)88-90(72,73)74/h13-14,26-30,32,48-50,59H,3,8-10,15-25,31,33-35H2,1-2,4-7H3,(H,60,65)(H,61,70)(H,62,71)(H,67,68)(H,75,76)(H,77,78)(H,63,66,69)(H2,72,73,74)/t48-,49+,50+/m0/s1. The summed E-state index contributed by atoms with van der Waals surface area (Å²) >= 11 is 0. The number of nitrogens with zero attached hydrogens (tertiary/aromatic N) is 1. The fourth-order valence-electron chi connectivity index (χ4n) is 9.03. The topological polar surface area (TPSA) is 425 Å². The third kappa shape index (κ3) is 25.9. The molecule has 528 valence electrons. The summed E-state index contributed by atoms with van der Waals surface area (Å²) in [4.78, 5) is 115. The van der Waals surface area contributed by atoms with Crippen LogP contribution in [0.5, 0.6) is 11.5 Å². The van der Waals surface area contributed by atoms with Crippen molar-refractivity contribution in [2.45, 2.75) is 83.5 Å². The number of aromatic amines is 1. The van der Waals surface area contributed by atoms with E-state index in [0.29, 0.717) is 71.8 Å². The second kappa shape index (κ2) is 38.1. The number of fused-ring (bicyclic) bond motifs is 2. The average molecular weight is 1480 g/mol. The number of carboxylic acid groups (broad SMARTS) is 1. The molecule has 3 aromatic carbocycles. The minimum absolute atomic E-state index is 0.0266. The number of unbranched alkanes of at least 4 members (excludes halogenated alkanes) is 1. The van der Waals surface area contributed by atoms with Crippen LogP contribution < -0.4 is 47.7 Å². The van der Waals surface area contributed by atoms with Crippen LogP contribution in [0.1, 0.15) is 101 Å². The molecule has 4 aromatic rings. The van der Waals surface area contributed by atoms with Gasteiger partial charge >= 0.3 is 47.3 Å². The maximum absolute atomic E-state index is 13.5. The second-order valence-corrected chi connectivity index (χ2v) is 31.2. The van der Waals surface area contributed by atoms with E-state index in [1.807, 2.05) is 58.9 Å². The summed E-state index contributed by atoms with van der Waals surface area (Å²) < 4.78 is 93.4. The Hall–Kier alpha value is -5.67. The van der Waals surface area contributed by atoms with Gasteiger partial charge in [-0.2, -0.15) is 8.62 Å². The molecule has 5 atom stereocenters. The number of H-pyrrole nitrogens is 1. The van der Waals surface area contributed by atoms with E-state index < -0.39 is 83.8 Å². The van der Waals surface area contributed by atoms with Gasteiger partial charge in [0.2, 0.25) is 0 Å². The number of phosphoric acid groups is 3. The molecule has 31 nitrogen and oxygen atoms in total. The number of aryl methyl sites for hydroxylation is 2. The zero-order valence-corrected chi connectivity index (χ0v) is 59.1. The van der Waals surface area contributed by atoms with Gasteiger partial charge in [0.25, 0.3) is 11.5 Å². The number of phosphoric ester groups is 1. The molecule has 0 radical (unpaired) electrons. The highest BCUT2D eigenvalue weighted by Crippen LogP contribution is 2.66. The molecule has 2 unspecified atom stereocenters. The lowest BCUT2D eigenvalue weighted by Crippen LogP contribution is -2.34. The summed E-state index contributed by atoms with van der Waals surface area (Å²) in [6, 6.07) is 12.1. The van der Waals surface area contributed by atoms with Gasteiger partial charge in [0.1, 0.15) is 41.3 Å². The molecule has 3 heterocycles. The van der Waals surface area contributed by atoms with Crippen LogP contribution in [0.15, 0.2) is 58.3 Å². The van der Waals surface area contributed by atoms with E-state index in [9.17, 15) is 57.4 Å². The highest BCUT2D eigenvalue weighted by Gasteiger charge is 2.44. The van der Waals surface area contributed by atoms with Gasteiger partial charge < -0.3 is 83.8 Å². The molecule has 96 heavy (non-hydrogen) atoms. The fraction of sp³-hybridized carbons (Fsp3) is 0.483. The van der Waals surface area contributed by atoms with E-state index in [1.54, 1.807) is 23.1 Å². The predicted octanol–water partition coefficient (Wildman–Crippen LogP) is 6.60. The molecule has 0 spiro atoms. The Morgan fingerprint density at radius 1 is 0.812 bits per heavy atom. The maximum atomic E-state index is 13.5. The number of carbonyl (C=O) groups excluding carboxylic acids is 3. The highest BCUT2D eigenvalue weighted by molar-refractivity contribution is 8.77. The van der Waals surface area contributed by atoms with Gasteiger partial charge in [0, 0.05) is 77.3 Å². The Bertz CT molecular complexity index is 3850. The van der Waals surface area contributed by atoms with Crippen LogP contribution >= 0.6 is 66.6 Å². The largest absolute Gasteiger partial charge is 0.490 e. The van der Waals surface area contributed by atoms with Crippen molar-refractivity contribution in [1.29, 1.82) is 0 Å². The van der Waals surface area contributed by atoms with Gasteiger partial charge in [-0.25, -0.2) is 32.9 Å². The summed E-state index contributed by atoms with van der Waals surface area (Å²) in [5.74, 6) is 5.11. The number of carbonyl (C=O) groups is 4. The van der Waals surface area contributed by atoms with Crippen molar-refractivity contribution in [3.8, 4) is 23.3 Å². The Morgan fingerprint density at radius 2 is 1.52 bits per heavy atom. The van der Waals surface area contributed by atoms with Gasteiger partial charge in [-0.15, -0.1) is 0 Å². The number of carboxylic acids is 1. The molecule has 0 saturated carbocycles. The summed E-state index contributed by atoms with van der Waals surface area (Å²) in [6.45, 7) is 15.5. The average Bonchev–Trinajstić information content (AvgIpc) is 0.856. The van der Waals surface area contributed by atoms with Crippen molar-refractivity contribution in [1.82, 2.24) is 25.5 Å². The van der Waals surface area contributed by atoms with Crippen LogP contribution in [0.25, 0.3) is 12.2 Å². The SMILES string of the molecule is C=c1cc2c(cc1C)=C(c1cc(C(=O)NCCOCCOCCNC(=O)OCCC(C)(C)SSCOCCCCOC(=O)NCC#Cc3cn([C@H]4C[C@H](OCSSC)[C@@H](COP(=O)(O)OP(=O)(O)OP(=O)(O)O)O4)c(=O)[nH]c3=O)ccc1C(=O)O)c1cc(C)c(NCC)cc1O2. The summed E-state index contributed by atoms with van der Waals surface area (Å²) in [5.41, 5.74) is 2.70. The number of anilines is 1. The lowest BCUT2D eigenvalue weighted by molar-refractivity contribution is -0.0543. The van der Waals surface area contributed by atoms with Crippen molar-refractivity contribution in [3.63, 3.8) is 0 Å². The first kappa shape index (κ1) is 79.3. The molecule has 10 N–H and O–H groups in total. The number of hydrogen-bond acceptors (Lipinski definition) is 25. The smallest absolute Gasteiger partial charge is 0.478 e. The molecule has 1 saturated heterocycles. The molecule has 2 aliphatic heterocycles. The first-order valence-electron chi connectivity index (χ1n) is 29.5. The van der Waals surface area contributed by atoms with E-state index in [1.165, 1.54) is 44.5 Å². The van der Waals surface area contributed by atoms with Crippen molar-refractivity contribution in [2.75, 3.05) is 102 Å². The Kier molecular flexibility index (Phi) is 31.4. The van der Waals surface area contributed by atoms with E-state index in [0.717, 1.165) is 32.8 Å². The normalized spacial score (nSPS) is 16.4. The summed E-state index contributed by atoms with van der Waals surface area (Å²) in [5, 5.41) is 23.1. The van der Waals surface area contributed by atoms with Crippen LogP contribution in [0.2, 0.25) is 0 Å². The van der Waals surface area contributed by atoms with E-state index in [4.69, 9.17) is 52.2 Å². The molecule has 1 fully saturated rings. The highest BCUT2D eigenvalue weighted by atomic mass is 33.1. The summed E-state index contributed by atoms with van der Waals surface area (Å²) in [6.07, 6.45) is -0.286. The van der Waals surface area contributed by atoms with Crippen LogP contribution in [-0.2, 0) is 60.0 Å². The maximum Gasteiger partial charge on any atom is 0.490 e. The Morgan fingerprint density at radius 3 is 2.23 bits per heavy atom. The lowest BCUT2D eigenvalue weighted by Gasteiger charge is -2.24. The van der Waals surface area contributed by atoms with Crippen LogP contribution in [-0.4, -0.2) is 172 Å². The molecule has 6 rings (SSSR count). The van der Waals surface area contributed by atoms with Crippen molar-refractivity contribution < 1.29 is 109 Å². The van der Waals surface area contributed by atoms with Gasteiger partial charge in [-0.3, -0.25) is 23.7 Å². The molecule has 38 heteroatoms. The van der Waals surface area contributed by atoms with Gasteiger partial charge in [0.15, 0.2) is 0 Å².